The number of hydrogen-bond acceptors (Lipinski definition) is 4. The van der Waals surface area contributed by atoms with E-state index >= 15 is 0 Å². The zero-order valence-corrected chi connectivity index (χ0v) is 11.7. The molecule has 2 fully saturated rings. The Morgan fingerprint density at radius 1 is 1.42 bits per heavy atom. The molecule has 0 spiro atoms. The minimum absolute atomic E-state index is 0.0156. The van der Waals surface area contributed by atoms with Gasteiger partial charge < -0.3 is 14.9 Å². The Balaban J connectivity index is 1.94. The normalized spacial score (nSPS) is 27.7. The summed E-state index contributed by atoms with van der Waals surface area (Å²) in [5, 5.41) is 9.08. The van der Waals surface area contributed by atoms with Crippen LogP contribution in [-0.2, 0) is 14.4 Å². The third kappa shape index (κ3) is 3.40. The molecule has 2 unspecified atom stereocenters. The van der Waals surface area contributed by atoms with Crippen molar-refractivity contribution in [2.24, 2.45) is 11.8 Å². The van der Waals surface area contributed by atoms with E-state index in [-0.39, 0.29) is 30.8 Å². The van der Waals surface area contributed by atoms with E-state index in [4.69, 9.17) is 5.11 Å². The zero-order valence-electron chi connectivity index (χ0n) is 10.9. The molecular weight excluding hydrogens is 268 g/mol. The summed E-state index contributed by atoms with van der Waals surface area (Å²) in [5.41, 5.74) is 0. The van der Waals surface area contributed by atoms with Gasteiger partial charge in [-0.1, -0.05) is 6.92 Å². The van der Waals surface area contributed by atoms with Gasteiger partial charge in [-0.3, -0.25) is 14.4 Å². The Hall–Kier alpha value is -1.24. The summed E-state index contributed by atoms with van der Waals surface area (Å²) in [6.07, 6.45) is 0.609. The number of amides is 2. The second-order valence-electron chi connectivity index (χ2n) is 5.24. The van der Waals surface area contributed by atoms with Gasteiger partial charge in [0.15, 0.2) is 0 Å². The highest BCUT2D eigenvalue weighted by molar-refractivity contribution is 8.00. The molecule has 0 radical (unpaired) electrons. The second-order valence-corrected chi connectivity index (χ2v) is 6.20. The number of aliphatic carboxylic acids is 1. The van der Waals surface area contributed by atoms with E-state index in [1.807, 2.05) is 6.92 Å². The molecule has 2 rings (SSSR count). The van der Waals surface area contributed by atoms with E-state index in [0.717, 1.165) is 0 Å². The minimum atomic E-state index is -0.850. The fourth-order valence-corrected chi connectivity index (χ4v) is 3.44. The number of nitrogens with zero attached hydrogens (tertiary/aromatic N) is 2. The van der Waals surface area contributed by atoms with Crippen LogP contribution in [0.15, 0.2) is 0 Å². The lowest BCUT2D eigenvalue weighted by Gasteiger charge is -2.35. The fourth-order valence-electron chi connectivity index (χ4n) is 2.54. The second kappa shape index (κ2) is 5.81. The van der Waals surface area contributed by atoms with Gasteiger partial charge in [0.25, 0.3) is 0 Å². The van der Waals surface area contributed by atoms with Crippen LogP contribution in [0.3, 0.4) is 0 Å². The SMILES string of the molecule is CC1CC(C(=O)O)CN(C(=O)CN2CSCC2=O)C1. The Bertz CT molecular complexity index is 401. The van der Waals surface area contributed by atoms with E-state index in [9.17, 15) is 14.4 Å². The number of thioether (sulfide) groups is 1. The number of rotatable bonds is 3. The van der Waals surface area contributed by atoms with Crippen LogP contribution in [0.25, 0.3) is 0 Å². The molecule has 2 aliphatic heterocycles. The number of hydrogen-bond donors (Lipinski definition) is 1. The van der Waals surface area contributed by atoms with Crippen LogP contribution in [0.5, 0.6) is 0 Å². The predicted molar refractivity (Wildman–Crippen MR) is 70.5 cm³/mol. The van der Waals surface area contributed by atoms with Gasteiger partial charge in [0, 0.05) is 13.1 Å². The summed E-state index contributed by atoms with van der Waals surface area (Å²) < 4.78 is 0. The molecule has 19 heavy (non-hydrogen) atoms. The Labute approximate surface area is 116 Å². The monoisotopic (exact) mass is 286 g/mol. The first-order valence-corrected chi connectivity index (χ1v) is 7.49. The van der Waals surface area contributed by atoms with E-state index < -0.39 is 11.9 Å². The predicted octanol–water partition coefficient (Wildman–Crippen LogP) is 0.0885. The quantitative estimate of drug-likeness (QED) is 0.795. The smallest absolute Gasteiger partial charge is 0.308 e. The molecule has 2 heterocycles. The van der Waals surface area contributed by atoms with Gasteiger partial charge in [-0.05, 0) is 12.3 Å². The lowest BCUT2D eigenvalue weighted by atomic mass is 9.90. The highest BCUT2D eigenvalue weighted by Crippen LogP contribution is 2.22. The van der Waals surface area contributed by atoms with Crippen LogP contribution in [0.2, 0.25) is 0 Å². The lowest BCUT2D eigenvalue weighted by Crippen LogP contribution is -2.49. The number of carbonyl (C=O) groups excluding carboxylic acids is 2. The molecule has 6 nitrogen and oxygen atoms in total. The number of likely N-dealkylation sites (tertiary alicyclic amines) is 1. The molecule has 2 atom stereocenters. The average Bonchev–Trinajstić information content (AvgIpc) is 2.74. The summed E-state index contributed by atoms with van der Waals surface area (Å²) in [7, 11) is 0. The number of piperidine rings is 1. The third-order valence-corrected chi connectivity index (χ3v) is 4.46. The maximum Gasteiger partial charge on any atom is 0.308 e. The van der Waals surface area contributed by atoms with Crippen LogP contribution in [0.4, 0.5) is 0 Å². The molecule has 0 bridgehead atoms. The van der Waals surface area contributed by atoms with Gasteiger partial charge in [0.2, 0.25) is 11.8 Å². The molecule has 7 heteroatoms. The van der Waals surface area contributed by atoms with Crippen LogP contribution in [0, 0.1) is 11.8 Å². The van der Waals surface area contributed by atoms with Crippen molar-refractivity contribution in [1.29, 1.82) is 0 Å². The van der Waals surface area contributed by atoms with Gasteiger partial charge in [-0.15, -0.1) is 11.8 Å². The maximum atomic E-state index is 12.1. The van der Waals surface area contributed by atoms with Crippen molar-refractivity contribution in [1.82, 2.24) is 9.80 Å². The minimum Gasteiger partial charge on any atom is -0.481 e. The first-order chi connectivity index (χ1) is 8.97. The highest BCUT2D eigenvalue weighted by Gasteiger charge is 2.33. The Morgan fingerprint density at radius 3 is 2.74 bits per heavy atom. The van der Waals surface area contributed by atoms with Crippen molar-refractivity contribution in [2.45, 2.75) is 13.3 Å². The van der Waals surface area contributed by atoms with E-state index in [0.29, 0.717) is 24.6 Å². The first kappa shape index (κ1) is 14.2. The molecular formula is C12H18N2O4S. The van der Waals surface area contributed by atoms with Crippen LogP contribution in [0.1, 0.15) is 13.3 Å². The van der Waals surface area contributed by atoms with Gasteiger partial charge in [-0.2, -0.15) is 0 Å². The average molecular weight is 286 g/mol. The van der Waals surface area contributed by atoms with Gasteiger partial charge in [0.1, 0.15) is 6.54 Å². The summed E-state index contributed by atoms with van der Waals surface area (Å²) in [6.45, 7) is 2.86. The molecule has 1 N–H and O–H groups in total. The molecule has 0 aromatic rings. The third-order valence-electron chi connectivity index (χ3n) is 3.51. The molecule has 2 aliphatic rings. The summed E-state index contributed by atoms with van der Waals surface area (Å²) in [5.74, 6) is -0.333. The van der Waals surface area contributed by atoms with Crippen molar-refractivity contribution in [2.75, 3.05) is 31.3 Å². The molecule has 0 aliphatic carbocycles. The standard InChI is InChI=1S/C12H18N2O4S/c1-8-2-9(12(17)18)4-13(3-8)10(15)5-14-7-19-6-11(14)16/h8-9H,2-7H2,1H3,(H,17,18). The summed E-state index contributed by atoms with van der Waals surface area (Å²) in [4.78, 5) is 37.8. The van der Waals surface area contributed by atoms with Crippen molar-refractivity contribution in [3.63, 3.8) is 0 Å². The summed E-state index contributed by atoms with van der Waals surface area (Å²) in [6, 6.07) is 0. The molecule has 0 saturated carbocycles. The number of carboxylic acid groups (broad SMARTS) is 1. The van der Waals surface area contributed by atoms with E-state index in [2.05, 4.69) is 0 Å². The van der Waals surface area contributed by atoms with Crippen molar-refractivity contribution in [3.05, 3.63) is 0 Å². The van der Waals surface area contributed by atoms with Crippen molar-refractivity contribution >= 4 is 29.5 Å². The molecule has 106 valence electrons. The van der Waals surface area contributed by atoms with Crippen molar-refractivity contribution in [3.8, 4) is 0 Å². The molecule has 0 aromatic heterocycles. The number of carboxylic acids is 1. The van der Waals surface area contributed by atoms with E-state index in [1.54, 1.807) is 4.90 Å². The summed E-state index contributed by atoms with van der Waals surface area (Å²) >= 11 is 1.50. The van der Waals surface area contributed by atoms with Gasteiger partial charge in [-0.25, -0.2) is 0 Å². The van der Waals surface area contributed by atoms with E-state index in [1.165, 1.54) is 16.7 Å². The Morgan fingerprint density at radius 2 is 2.16 bits per heavy atom. The zero-order chi connectivity index (χ0) is 14.0. The first-order valence-electron chi connectivity index (χ1n) is 6.33. The topological polar surface area (TPSA) is 77.9 Å². The van der Waals surface area contributed by atoms with Crippen LogP contribution >= 0.6 is 11.8 Å². The molecule has 2 saturated heterocycles. The van der Waals surface area contributed by atoms with Crippen LogP contribution < -0.4 is 0 Å². The Kier molecular flexibility index (Phi) is 4.34. The highest BCUT2D eigenvalue weighted by atomic mass is 32.2. The van der Waals surface area contributed by atoms with Crippen molar-refractivity contribution < 1.29 is 19.5 Å². The maximum absolute atomic E-state index is 12.1. The lowest BCUT2D eigenvalue weighted by molar-refractivity contribution is -0.148. The molecule has 2 amide bonds. The largest absolute Gasteiger partial charge is 0.481 e. The molecule has 0 aromatic carbocycles. The van der Waals surface area contributed by atoms with Gasteiger partial charge >= 0.3 is 5.97 Å². The number of carbonyl (C=O) groups is 3. The fraction of sp³-hybridized carbons (Fsp3) is 0.750. The van der Waals surface area contributed by atoms with Gasteiger partial charge in [0.05, 0.1) is 17.5 Å². The van der Waals surface area contributed by atoms with Crippen LogP contribution in [-0.4, -0.2) is 64.0 Å².